The van der Waals surface area contributed by atoms with Gasteiger partial charge in [-0.1, -0.05) is 32.0 Å². The Labute approximate surface area is 125 Å². The number of aromatic nitrogens is 1. The van der Waals surface area contributed by atoms with Gasteiger partial charge in [-0.2, -0.15) is 0 Å². The first-order valence-electron chi connectivity index (χ1n) is 7.12. The number of halogens is 1. The van der Waals surface area contributed by atoms with Crippen molar-refractivity contribution in [1.29, 1.82) is 0 Å². The minimum atomic E-state index is -0.342. The van der Waals surface area contributed by atoms with Crippen molar-refractivity contribution in [2.24, 2.45) is 0 Å². The molecule has 3 nitrogen and oxygen atoms in total. The van der Waals surface area contributed by atoms with E-state index in [0.29, 0.717) is 18.3 Å². The van der Waals surface area contributed by atoms with E-state index in [9.17, 15) is 4.39 Å². The van der Waals surface area contributed by atoms with E-state index in [-0.39, 0.29) is 12.4 Å². The Morgan fingerprint density at radius 1 is 1.19 bits per heavy atom. The van der Waals surface area contributed by atoms with Gasteiger partial charge in [0, 0.05) is 23.8 Å². The maximum Gasteiger partial charge on any atom is 0.165 e. The number of benzene rings is 1. The minimum Gasteiger partial charge on any atom is -0.484 e. The van der Waals surface area contributed by atoms with E-state index < -0.39 is 0 Å². The van der Waals surface area contributed by atoms with E-state index in [2.05, 4.69) is 24.1 Å². The number of pyridine rings is 1. The lowest BCUT2D eigenvalue weighted by Gasteiger charge is -2.14. The molecule has 21 heavy (non-hydrogen) atoms. The number of aryl methyl sites for hydroxylation is 1. The molecule has 1 N–H and O–H groups in total. The average molecular weight is 288 g/mol. The highest BCUT2D eigenvalue weighted by molar-refractivity contribution is 5.35. The lowest BCUT2D eigenvalue weighted by Crippen LogP contribution is -2.22. The Morgan fingerprint density at radius 2 is 1.95 bits per heavy atom. The molecule has 0 radical (unpaired) electrons. The fraction of sp³-hybridized carbons (Fsp3) is 0.353. The van der Waals surface area contributed by atoms with Crippen molar-refractivity contribution in [3.8, 4) is 5.75 Å². The fourth-order valence-electron chi connectivity index (χ4n) is 1.99. The van der Waals surface area contributed by atoms with Gasteiger partial charge in [-0.15, -0.1) is 0 Å². The second-order valence-corrected chi connectivity index (χ2v) is 5.32. The molecule has 0 fully saturated rings. The molecule has 112 valence electrons. The highest BCUT2D eigenvalue weighted by atomic mass is 19.1. The summed E-state index contributed by atoms with van der Waals surface area (Å²) in [6.07, 6.45) is 0. The summed E-state index contributed by atoms with van der Waals surface area (Å²) in [5, 5.41) is 3.27. The van der Waals surface area contributed by atoms with E-state index in [4.69, 9.17) is 4.74 Å². The van der Waals surface area contributed by atoms with Crippen LogP contribution in [-0.2, 0) is 13.2 Å². The maximum absolute atomic E-state index is 14.0. The Morgan fingerprint density at radius 3 is 2.67 bits per heavy atom. The summed E-state index contributed by atoms with van der Waals surface area (Å²) in [6, 6.07) is 11.0. The van der Waals surface area contributed by atoms with Crippen LogP contribution >= 0.6 is 0 Å². The molecule has 0 bridgehead atoms. The summed E-state index contributed by atoms with van der Waals surface area (Å²) in [4.78, 5) is 4.36. The Balaban J connectivity index is 2.11. The van der Waals surface area contributed by atoms with Crippen LogP contribution in [0.3, 0.4) is 0 Å². The largest absolute Gasteiger partial charge is 0.484 e. The molecule has 0 aliphatic heterocycles. The number of ether oxygens (including phenoxy) is 1. The standard InChI is InChI=1S/C17H21FN2O/c1-12(2)19-10-14-7-5-9-16(18)17(14)21-11-15-8-4-6-13(3)20-15/h4-9,12,19H,10-11H2,1-3H3. The molecule has 2 aromatic rings. The number of para-hydroxylation sites is 1. The molecule has 1 heterocycles. The highest BCUT2D eigenvalue weighted by Gasteiger charge is 2.10. The fourth-order valence-corrected chi connectivity index (χ4v) is 1.99. The van der Waals surface area contributed by atoms with Gasteiger partial charge in [-0.3, -0.25) is 4.98 Å². The van der Waals surface area contributed by atoms with Crippen LogP contribution < -0.4 is 10.1 Å². The SMILES string of the molecule is Cc1cccc(COc2c(F)cccc2CNC(C)C)n1. The zero-order valence-corrected chi connectivity index (χ0v) is 12.7. The number of hydrogen-bond acceptors (Lipinski definition) is 3. The van der Waals surface area contributed by atoms with E-state index in [1.54, 1.807) is 6.07 Å². The molecule has 0 aliphatic rings. The summed E-state index contributed by atoms with van der Waals surface area (Å²) in [7, 11) is 0. The second-order valence-electron chi connectivity index (χ2n) is 5.32. The third kappa shape index (κ3) is 4.53. The van der Waals surface area contributed by atoms with Crippen LogP contribution in [0.2, 0.25) is 0 Å². The predicted molar refractivity (Wildman–Crippen MR) is 81.7 cm³/mol. The minimum absolute atomic E-state index is 0.261. The smallest absolute Gasteiger partial charge is 0.165 e. The molecular weight excluding hydrogens is 267 g/mol. The van der Waals surface area contributed by atoms with Gasteiger partial charge in [0.2, 0.25) is 0 Å². The van der Waals surface area contributed by atoms with Crippen LogP contribution in [0, 0.1) is 12.7 Å². The molecule has 0 atom stereocenters. The lowest BCUT2D eigenvalue weighted by molar-refractivity contribution is 0.281. The van der Waals surface area contributed by atoms with E-state index in [1.165, 1.54) is 6.07 Å². The molecule has 0 amide bonds. The van der Waals surface area contributed by atoms with Gasteiger partial charge in [-0.05, 0) is 25.1 Å². The van der Waals surface area contributed by atoms with Crippen molar-refractivity contribution in [3.05, 3.63) is 59.2 Å². The zero-order valence-electron chi connectivity index (χ0n) is 12.7. The molecule has 4 heteroatoms. The third-order valence-corrected chi connectivity index (χ3v) is 3.06. The molecule has 1 aromatic carbocycles. The van der Waals surface area contributed by atoms with Gasteiger partial charge >= 0.3 is 0 Å². The summed E-state index contributed by atoms with van der Waals surface area (Å²) in [5.41, 5.74) is 2.53. The highest BCUT2D eigenvalue weighted by Crippen LogP contribution is 2.23. The van der Waals surface area contributed by atoms with Crippen LogP contribution in [0.4, 0.5) is 4.39 Å². The Kier molecular flexibility index (Phi) is 5.28. The van der Waals surface area contributed by atoms with Crippen molar-refractivity contribution in [2.45, 2.75) is 40.0 Å². The molecular formula is C17H21FN2O. The molecule has 1 aromatic heterocycles. The van der Waals surface area contributed by atoms with Crippen LogP contribution in [-0.4, -0.2) is 11.0 Å². The molecule has 0 saturated carbocycles. The second kappa shape index (κ2) is 7.18. The van der Waals surface area contributed by atoms with Gasteiger partial charge < -0.3 is 10.1 Å². The van der Waals surface area contributed by atoms with Crippen molar-refractivity contribution in [2.75, 3.05) is 0 Å². The Bertz CT molecular complexity index is 599. The summed E-state index contributed by atoms with van der Waals surface area (Å²) < 4.78 is 19.6. The number of nitrogens with one attached hydrogen (secondary N) is 1. The zero-order chi connectivity index (χ0) is 15.2. The molecule has 0 unspecified atom stereocenters. The summed E-state index contributed by atoms with van der Waals surface area (Å²) in [5.74, 6) is -0.0420. The molecule has 0 saturated heterocycles. The van der Waals surface area contributed by atoms with Crippen molar-refractivity contribution in [1.82, 2.24) is 10.3 Å². The molecule has 0 aliphatic carbocycles. The van der Waals surface area contributed by atoms with E-state index in [0.717, 1.165) is 17.0 Å². The van der Waals surface area contributed by atoms with E-state index >= 15 is 0 Å². The first kappa shape index (κ1) is 15.4. The van der Waals surface area contributed by atoms with Crippen molar-refractivity contribution >= 4 is 0 Å². The third-order valence-electron chi connectivity index (χ3n) is 3.06. The van der Waals surface area contributed by atoms with Gasteiger partial charge in [0.1, 0.15) is 6.61 Å². The number of nitrogens with zero attached hydrogens (tertiary/aromatic N) is 1. The van der Waals surface area contributed by atoms with Gasteiger partial charge in [0.15, 0.2) is 11.6 Å². The lowest BCUT2D eigenvalue weighted by atomic mass is 10.2. The van der Waals surface area contributed by atoms with Crippen LogP contribution in [0.15, 0.2) is 36.4 Å². The summed E-state index contributed by atoms with van der Waals surface area (Å²) in [6.45, 7) is 6.86. The summed E-state index contributed by atoms with van der Waals surface area (Å²) >= 11 is 0. The maximum atomic E-state index is 14.0. The van der Waals surface area contributed by atoms with Crippen LogP contribution in [0.5, 0.6) is 5.75 Å². The van der Waals surface area contributed by atoms with Crippen LogP contribution in [0.1, 0.15) is 30.8 Å². The molecule has 2 rings (SSSR count). The average Bonchev–Trinajstić information content (AvgIpc) is 2.44. The van der Waals surface area contributed by atoms with Gasteiger partial charge in [0.05, 0.1) is 5.69 Å². The quantitative estimate of drug-likeness (QED) is 0.881. The van der Waals surface area contributed by atoms with Crippen molar-refractivity contribution < 1.29 is 9.13 Å². The van der Waals surface area contributed by atoms with Gasteiger partial charge in [0.25, 0.3) is 0 Å². The Hall–Kier alpha value is -1.94. The van der Waals surface area contributed by atoms with Crippen LogP contribution in [0.25, 0.3) is 0 Å². The number of rotatable bonds is 6. The number of hydrogen-bond donors (Lipinski definition) is 1. The predicted octanol–water partition coefficient (Wildman–Crippen LogP) is 3.61. The van der Waals surface area contributed by atoms with E-state index in [1.807, 2.05) is 31.2 Å². The topological polar surface area (TPSA) is 34.1 Å². The first-order valence-corrected chi connectivity index (χ1v) is 7.12. The molecule has 0 spiro atoms. The van der Waals surface area contributed by atoms with Crippen molar-refractivity contribution in [3.63, 3.8) is 0 Å². The normalized spacial score (nSPS) is 10.9. The monoisotopic (exact) mass is 288 g/mol. The van der Waals surface area contributed by atoms with Gasteiger partial charge in [-0.25, -0.2) is 4.39 Å². The first-order chi connectivity index (χ1) is 10.1.